The first kappa shape index (κ1) is 14.7. The normalized spacial score (nSPS) is 21.0. The number of hydrogen-bond acceptors (Lipinski definition) is 3. The maximum atomic E-state index is 12.1. The average molecular weight is 268 g/mol. The van der Waals surface area contributed by atoms with Gasteiger partial charge < -0.3 is 10.0 Å². The first-order valence-electron chi connectivity index (χ1n) is 5.48. The number of likely N-dealkylation sites (N-methyl/N-ethyl adjacent to an activating group) is 1. The van der Waals surface area contributed by atoms with Gasteiger partial charge in [0.1, 0.15) is 12.6 Å². The Balaban J connectivity index is 2.51. The Hall–Kier alpha value is -1.31. The molecule has 0 unspecified atom stereocenters. The summed E-state index contributed by atoms with van der Waals surface area (Å²) in [6.45, 7) is -1.19. The summed E-state index contributed by atoms with van der Waals surface area (Å²) in [7, 11) is 1.06. The van der Waals surface area contributed by atoms with Gasteiger partial charge in [0.25, 0.3) is 0 Å². The molecule has 0 radical (unpaired) electrons. The standard InChI is InChI=1S/C10H15F3N2O3/c1-14(6-10(11,12)13)8(16)5-15-4-2-3-7(15)9(17)18/h7H,2-6H2,1H3,(H,17,18)/t7-/m0/s1. The van der Waals surface area contributed by atoms with Gasteiger partial charge in [-0.05, 0) is 19.4 Å². The van der Waals surface area contributed by atoms with Crippen LogP contribution in [0.4, 0.5) is 13.2 Å². The molecule has 1 atom stereocenters. The highest BCUT2D eigenvalue weighted by Crippen LogP contribution is 2.19. The maximum Gasteiger partial charge on any atom is 0.406 e. The zero-order valence-corrected chi connectivity index (χ0v) is 9.90. The predicted octanol–water partition coefficient (Wildman–Crippen LogP) is 0.556. The molecule has 0 saturated carbocycles. The summed E-state index contributed by atoms with van der Waals surface area (Å²) in [5.41, 5.74) is 0. The average Bonchev–Trinajstić information content (AvgIpc) is 2.62. The molecule has 1 fully saturated rings. The second-order valence-electron chi connectivity index (χ2n) is 4.33. The molecule has 1 heterocycles. The number of likely N-dealkylation sites (tertiary alicyclic amines) is 1. The number of carboxylic acid groups (broad SMARTS) is 1. The third-order valence-corrected chi connectivity index (χ3v) is 2.83. The first-order chi connectivity index (χ1) is 8.20. The van der Waals surface area contributed by atoms with Gasteiger partial charge in [0.2, 0.25) is 5.91 Å². The van der Waals surface area contributed by atoms with E-state index >= 15 is 0 Å². The van der Waals surface area contributed by atoms with Crippen molar-refractivity contribution < 1.29 is 27.9 Å². The van der Waals surface area contributed by atoms with Crippen molar-refractivity contribution in [3.8, 4) is 0 Å². The molecule has 1 aliphatic rings. The van der Waals surface area contributed by atoms with Crippen LogP contribution in [0.25, 0.3) is 0 Å². The lowest BCUT2D eigenvalue weighted by atomic mass is 10.2. The largest absolute Gasteiger partial charge is 0.480 e. The molecule has 18 heavy (non-hydrogen) atoms. The quantitative estimate of drug-likeness (QED) is 0.809. The number of amides is 1. The summed E-state index contributed by atoms with van der Waals surface area (Å²) in [5.74, 6) is -1.76. The molecular formula is C10H15F3N2O3. The van der Waals surface area contributed by atoms with E-state index in [1.54, 1.807) is 0 Å². The summed E-state index contributed by atoms with van der Waals surface area (Å²) in [6, 6.07) is -0.770. The molecule has 1 saturated heterocycles. The third-order valence-electron chi connectivity index (χ3n) is 2.83. The van der Waals surface area contributed by atoms with E-state index < -0.39 is 30.6 Å². The van der Waals surface area contributed by atoms with Gasteiger partial charge in [-0.3, -0.25) is 14.5 Å². The topological polar surface area (TPSA) is 60.9 Å². The minimum absolute atomic E-state index is 0.288. The van der Waals surface area contributed by atoms with Crippen LogP contribution in [0.2, 0.25) is 0 Å². The van der Waals surface area contributed by atoms with Gasteiger partial charge in [-0.2, -0.15) is 13.2 Å². The highest BCUT2D eigenvalue weighted by Gasteiger charge is 2.35. The number of carbonyl (C=O) groups is 2. The van der Waals surface area contributed by atoms with Gasteiger partial charge in [0, 0.05) is 7.05 Å². The van der Waals surface area contributed by atoms with Crippen LogP contribution in [0.15, 0.2) is 0 Å². The molecule has 8 heteroatoms. The SMILES string of the molecule is CN(CC(F)(F)F)C(=O)CN1CCC[C@H]1C(=O)O. The number of rotatable bonds is 4. The van der Waals surface area contributed by atoms with E-state index in [2.05, 4.69) is 0 Å². The van der Waals surface area contributed by atoms with Crippen LogP contribution < -0.4 is 0 Å². The van der Waals surface area contributed by atoms with Crippen molar-refractivity contribution in [3.05, 3.63) is 0 Å². The highest BCUT2D eigenvalue weighted by atomic mass is 19.4. The maximum absolute atomic E-state index is 12.1. The van der Waals surface area contributed by atoms with Gasteiger partial charge in [-0.1, -0.05) is 0 Å². The van der Waals surface area contributed by atoms with Gasteiger partial charge in [-0.15, -0.1) is 0 Å². The molecule has 0 spiro atoms. The Morgan fingerprint density at radius 2 is 2.06 bits per heavy atom. The molecule has 1 amide bonds. The van der Waals surface area contributed by atoms with Crippen LogP contribution in [0.3, 0.4) is 0 Å². The minimum atomic E-state index is -4.44. The number of alkyl halides is 3. The van der Waals surface area contributed by atoms with Crippen molar-refractivity contribution in [1.82, 2.24) is 9.80 Å². The van der Waals surface area contributed by atoms with Crippen LogP contribution >= 0.6 is 0 Å². The summed E-state index contributed by atoms with van der Waals surface area (Å²) in [4.78, 5) is 24.3. The first-order valence-corrected chi connectivity index (χ1v) is 5.48. The van der Waals surface area contributed by atoms with Gasteiger partial charge in [0.05, 0.1) is 6.54 Å². The summed E-state index contributed by atoms with van der Waals surface area (Å²) in [6.07, 6.45) is -3.39. The highest BCUT2D eigenvalue weighted by molar-refractivity contribution is 5.80. The van der Waals surface area contributed by atoms with E-state index in [4.69, 9.17) is 5.11 Å². The summed E-state index contributed by atoms with van der Waals surface area (Å²) in [5, 5.41) is 8.88. The number of aliphatic carboxylic acids is 1. The fourth-order valence-electron chi connectivity index (χ4n) is 1.95. The Morgan fingerprint density at radius 1 is 1.44 bits per heavy atom. The summed E-state index contributed by atoms with van der Waals surface area (Å²) < 4.78 is 36.2. The van der Waals surface area contributed by atoms with Crippen molar-refractivity contribution in [3.63, 3.8) is 0 Å². The van der Waals surface area contributed by atoms with E-state index in [-0.39, 0.29) is 6.54 Å². The number of halogens is 3. The molecule has 0 bridgehead atoms. The van der Waals surface area contributed by atoms with Crippen LogP contribution in [0.1, 0.15) is 12.8 Å². The van der Waals surface area contributed by atoms with Crippen LogP contribution in [-0.2, 0) is 9.59 Å². The van der Waals surface area contributed by atoms with Crippen LogP contribution in [0.5, 0.6) is 0 Å². The molecule has 1 rings (SSSR count). The fraction of sp³-hybridized carbons (Fsp3) is 0.800. The number of carbonyl (C=O) groups excluding carboxylic acids is 1. The van der Waals surface area contributed by atoms with E-state index in [9.17, 15) is 22.8 Å². The number of nitrogens with zero attached hydrogens (tertiary/aromatic N) is 2. The van der Waals surface area contributed by atoms with Gasteiger partial charge >= 0.3 is 12.1 Å². The predicted molar refractivity (Wildman–Crippen MR) is 55.9 cm³/mol. The summed E-state index contributed by atoms with van der Waals surface area (Å²) >= 11 is 0. The zero-order chi connectivity index (χ0) is 13.9. The molecular weight excluding hydrogens is 253 g/mol. The number of hydrogen-bond donors (Lipinski definition) is 1. The second-order valence-corrected chi connectivity index (χ2v) is 4.33. The smallest absolute Gasteiger partial charge is 0.406 e. The van der Waals surface area contributed by atoms with Crippen molar-refractivity contribution in [1.29, 1.82) is 0 Å². The molecule has 5 nitrogen and oxygen atoms in total. The Morgan fingerprint density at radius 3 is 2.56 bits per heavy atom. The van der Waals surface area contributed by atoms with E-state index in [0.717, 1.165) is 7.05 Å². The van der Waals surface area contributed by atoms with Crippen molar-refractivity contribution >= 4 is 11.9 Å². The van der Waals surface area contributed by atoms with Crippen LogP contribution in [-0.4, -0.2) is 65.7 Å². The molecule has 0 aromatic carbocycles. The Kier molecular flexibility index (Phi) is 4.55. The monoisotopic (exact) mass is 268 g/mol. The van der Waals surface area contributed by atoms with Crippen molar-refractivity contribution in [2.75, 3.05) is 26.7 Å². The Bertz CT molecular complexity index is 333. The Labute approximate surface area is 102 Å². The minimum Gasteiger partial charge on any atom is -0.480 e. The van der Waals surface area contributed by atoms with E-state index in [1.165, 1.54) is 4.90 Å². The zero-order valence-electron chi connectivity index (χ0n) is 9.90. The fourth-order valence-corrected chi connectivity index (χ4v) is 1.95. The van der Waals surface area contributed by atoms with Crippen LogP contribution in [0, 0.1) is 0 Å². The van der Waals surface area contributed by atoms with Crippen molar-refractivity contribution in [2.45, 2.75) is 25.1 Å². The number of carboxylic acids is 1. The van der Waals surface area contributed by atoms with Crippen molar-refractivity contribution in [2.24, 2.45) is 0 Å². The molecule has 1 aliphatic heterocycles. The lowest BCUT2D eigenvalue weighted by Crippen LogP contribution is -2.45. The van der Waals surface area contributed by atoms with Gasteiger partial charge in [-0.25, -0.2) is 0 Å². The molecule has 104 valence electrons. The molecule has 1 N–H and O–H groups in total. The third kappa shape index (κ3) is 4.17. The molecule has 0 aromatic rings. The lowest BCUT2D eigenvalue weighted by Gasteiger charge is -2.24. The lowest BCUT2D eigenvalue weighted by molar-refractivity contribution is -0.159. The second kappa shape index (κ2) is 5.55. The molecule has 0 aromatic heterocycles. The van der Waals surface area contributed by atoms with E-state index in [1.807, 2.05) is 0 Å². The van der Waals surface area contributed by atoms with E-state index in [0.29, 0.717) is 24.3 Å². The molecule has 0 aliphatic carbocycles. The van der Waals surface area contributed by atoms with Gasteiger partial charge in [0.15, 0.2) is 0 Å².